The molecule has 1 saturated carbocycles. The lowest BCUT2D eigenvalue weighted by Gasteiger charge is -2.21. The summed E-state index contributed by atoms with van der Waals surface area (Å²) in [5.41, 5.74) is 0.923. The summed E-state index contributed by atoms with van der Waals surface area (Å²) in [5, 5.41) is 3.55. The number of benzene rings is 1. The average molecular weight is 295 g/mol. The van der Waals surface area contributed by atoms with Crippen molar-refractivity contribution in [2.75, 3.05) is 6.54 Å². The number of halogens is 2. The molecule has 0 saturated heterocycles. The second-order valence-corrected chi connectivity index (χ2v) is 7.42. The molecular formula is C18H27F2N. The molecule has 1 aromatic rings. The molecule has 1 aliphatic carbocycles. The number of rotatable bonds is 6. The third-order valence-electron chi connectivity index (χ3n) is 5.64. The van der Waals surface area contributed by atoms with Gasteiger partial charge in [0.05, 0.1) is 0 Å². The Kier molecular flexibility index (Phi) is 4.44. The zero-order valence-electron chi connectivity index (χ0n) is 13.8. The Labute approximate surface area is 127 Å². The summed E-state index contributed by atoms with van der Waals surface area (Å²) in [5.74, 6) is -0.204. The first-order chi connectivity index (χ1) is 9.71. The third-order valence-corrected chi connectivity index (χ3v) is 5.64. The largest absolute Gasteiger partial charge is 0.313 e. The smallest absolute Gasteiger partial charge is 0.126 e. The molecule has 1 aliphatic rings. The van der Waals surface area contributed by atoms with Crippen LogP contribution in [-0.4, -0.2) is 12.6 Å². The van der Waals surface area contributed by atoms with Gasteiger partial charge in [0.1, 0.15) is 11.6 Å². The molecule has 1 atom stereocenters. The molecule has 3 heteroatoms. The molecule has 21 heavy (non-hydrogen) atoms. The van der Waals surface area contributed by atoms with Crippen molar-refractivity contribution in [2.45, 2.75) is 53.5 Å². The predicted octanol–water partition coefficient (Wildman–Crippen LogP) is 4.56. The van der Waals surface area contributed by atoms with Crippen molar-refractivity contribution in [3.63, 3.8) is 0 Å². The van der Waals surface area contributed by atoms with E-state index in [1.54, 1.807) is 0 Å². The summed E-state index contributed by atoms with van der Waals surface area (Å²) < 4.78 is 27.3. The maximum Gasteiger partial charge on any atom is 0.126 e. The SMILES string of the molecule is CCCNC(Cc1cc(F)ccc1F)C1C(C)(C)C1(C)C. The fraction of sp³-hybridized carbons (Fsp3) is 0.667. The molecule has 118 valence electrons. The average Bonchev–Trinajstić information content (AvgIpc) is 2.80. The molecule has 1 nitrogen and oxygen atoms in total. The summed E-state index contributed by atoms with van der Waals surface area (Å²) in [6, 6.07) is 3.92. The number of nitrogens with one attached hydrogen (secondary N) is 1. The highest BCUT2D eigenvalue weighted by Crippen LogP contribution is 2.69. The van der Waals surface area contributed by atoms with Crippen LogP contribution < -0.4 is 5.32 Å². The maximum absolute atomic E-state index is 13.9. The standard InChI is InChI=1S/C18H27F2N/c1-6-9-21-15(16-17(2,3)18(16,4)5)11-12-10-13(19)7-8-14(12)20/h7-8,10,15-16,21H,6,9,11H2,1-5H3. The summed E-state index contributed by atoms with van der Waals surface area (Å²) in [6.07, 6.45) is 1.58. The Morgan fingerprint density at radius 1 is 1.14 bits per heavy atom. The first-order valence-corrected chi connectivity index (χ1v) is 7.89. The Morgan fingerprint density at radius 2 is 1.76 bits per heavy atom. The van der Waals surface area contributed by atoms with Crippen LogP contribution in [0.3, 0.4) is 0 Å². The summed E-state index contributed by atoms with van der Waals surface area (Å²) >= 11 is 0. The van der Waals surface area contributed by atoms with Crippen molar-refractivity contribution in [1.29, 1.82) is 0 Å². The molecule has 1 aromatic carbocycles. The topological polar surface area (TPSA) is 12.0 Å². The van der Waals surface area contributed by atoms with Crippen LogP contribution in [0, 0.1) is 28.4 Å². The molecule has 1 N–H and O–H groups in total. The van der Waals surface area contributed by atoms with Crippen molar-refractivity contribution in [3.8, 4) is 0 Å². The minimum Gasteiger partial charge on any atom is -0.313 e. The molecule has 0 amide bonds. The Balaban J connectivity index is 2.20. The van der Waals surface area contributed by atoms with Crippen LogP contribution in [-0.2, 0) is 6.42 Å². The van der Waals surface area contributed by atoms with E-state index in [4.69, 9.17) is 0 Å². The van der Waals surface area contributed by atoms with Gasteiger partial charge in [-0.05, 0) is 59.9 Å². The lowest BCUT2D eigenvalue weighted by molar-refractivity contribution is 0.390. The van der Waals surface area contributed by atoms with E-state index in [-0.39, 0.29) is 28.5 Å². The molecule has 0 aliphatic heterocycles. The zero-order valence-corrected chi connectivity index (χ0v) is 13.8. The van der Waals surface area contributed by atoms with Crippen molar-refractivity contribution in [3.05, 3.63) is 35.4 Å². The first kappa shape index (κ1) is 16.4. The van der Waals surface area contributed by atoms with Crippen molar-refractivity contribution < 1.29 is 8.78 Å². The molecule has 2 rings (SSSR count). The van der Waals surface area contributed by atoms with Crippen molar-refractivity contribution in [2.24, 2.45) is 16.7 Å². The normalized spacial score (nSPS) is 21.3. The van der Waals surface area contributed by atoms with Crippen LogP contribution in [0.15, 0.2) is 18.2 Å². The van der Waals surface area contributed by atoms with Crippen LogP contribution >= 0.6 is 0 Å². The van der Waals surface area contributed by atoms with Gasteiger partial charge in [0.25, 0.3) is 0 Å². The highest BCUT2D eigenvalue weighted by Gasteiger charge is 2.66. The second kappa shape index (κ2) is 5.68. The van der Waals surface area contributed by atoms with Gasteiger partial charge in [0.2, 0.25) is 0 Å². The Morgan fingerprint density at radius 3 is 2.29 bits per heavy atom. The highest BCUT2D eigenvalue weighted by atomic mass is 19.1. The van der Waals surface area contributed by atoms with Gasteiger partial charge in [-0.25, -0.2) is 8.78 Å². The molecule has 0 radical (unpaired) electrons. The highest BCUT2D eigenvalue weighted by molar-refractivity contribution is 5.23. The summed E-state index contributed by atoms with van der Waals surface area (Å²) in [7, 11) is 0. The quantitative estimate of drug-likeness (QED) is 0.811. The summed E-state index contributed by atoms with van der Waals surface area (Å²) in [6.45, 7) is 12.1. The van der Waals surface area contributed by atoms with E-state index in [1.807, 2.05) is 0 Å². The molecule has 0 aromatic heterocycles. The lowest BCUT2D eigenvalue weighted by Crippen LogP contribution is -2.36. The van der Waals surface area contributed by atoms with Gasteiger partial charge in [-0.3, -0.25) is 0 Å². The fourth-order valence-corrected chi connectivity index (χ4v) is 3.83. The summed E-state index contributed by atoms with van der Waals surface area (Å²) in [4.78, 5) is 0. The maximum atomic E-state index is 13.9. The van der Waals surface area contributed by atoms with Gasteiger partial charge >= 0.3 is 0 Å². The van der Waals surface area contributed by atoms with Crippen LogP contribution in [0.1, 0.15) is 46.6 Å². The van der Waals surface area contributed by atoms with Crippen LogP contribution in [0.2, 0.25) is 0 Å². The van der Waals surface area contributed by atoms with Gasteiger partial charge in [-0.15, -0.1) is 0 Å². The third kappa shape index (κ3) is 2.98. The second-order valence-electron chi connectivity index (χ2n) is 7.42. The van der Waals surface area contributed by atoms with Gasteiger partial charge in [0, 0.05) is 6.04 Å². The minimum absolute atomic E-state index is 0.186. The molecule has 1 fully saturated rings. The van der Waals surface area contributed by atoms with E-state index in [2.05, 4.69) is 39.9 Å². The van der Waals surface area contributed by atoms with E-state index < -0.39 is 0 Å². The molecular weight excluding hydrogens is 268 g/mol. The number of hydrogen-bond acceptors (Lipinski definition) is 1. The van der Waals surface area contributed by atoms with Gasteiger partial charge in [0.15, 0.2) is 0 Å². The predicted molar refractivity (Wildman–Crippen MR) is 83.2 cm³/mol. The van der Waals surface area contributed by atoms with Crippen LogP contribution in [0.4, 0.5) is 8.78 Å². The fourth-order valence-electron chi connectivity index (χ4n) is 3.83. The first-order valence-electron chi connectivity index (χ1n) is 7.89. The number of hydrogen-bond donors (Lipinski definition) is 1. The molecule has 1 unspecified atom stereocenters. The van der Waals surface area contributed by atoms with Crippen LogP contribution in [0.5, 0.6) is 0 Å². The molecule has 0 heterocycles. The Hall–Kier alpha value is -0.960. The van der Waals surface area contributed by atoms with E-state index in [0.29, 0.717) is 17.9 Å². The van der Waals surface area contributed by atoms with Gasteiger partial charge < -0.3 is 5.32 Å². The monoisotopic (exact) mass is 295 g/mol. The van der Waals surface area contributed by atoms with E-state index in [9.17, 15) is 8.78 Å². The lowest BCUT2D eigenvalue weighted by atomic mass is 9.96. The Bertz CT molecular complexity index is 494. The van der Waals surface area contributed by atoms with Crippen LogP contribution in [0.25, 0.3) is 0 Å². The van der Waals surface area contributed by atoms with E-state index in [1.165, 1.54) is 18.2 Å². The van der Waals surface area contributed by atoms with E-state index >= 15 is 0 Å². The molecule has 0 spiro atoms. The molecule has 0 bridgehead atoms. The van der Waals surface area contributed by atoms with Gasteiger partial charge in [-0.1, -0.05) is 34.6 Å². The minimum atomic E-state index is -0.366. The van der Waals surface area contributed by atoms with Gasteiger partial charge in [-0.2, -0.15) is 0 Å². The zero-order chi connectivity index (χ0) is 15.8. The van der Waals surface area contributed by atoms with Crippen molar-refractivity contribution >= 4 is 0 Å². The van der Waals surface area contributed by atoms with E-state index in [0.717, 1.165) is 13.0 Å². The van der Waals surface area contributed by atoms with Crippen molar-refractivity contribution in [1.82, 2.24) is 5.32 Å².